The Morgan fingerprint density at radius 1 is 1.19 bits per heavy atom. The van der Waals surface area contributed by atoms with Crippen LogP contribution in [0.15, 0.2) is 18.2 Å². The maximum Gasteiger partial charge on any atom is 0.226 e. The van der Waals surface area contributed by atoms with Crippen LogP contribution in [0, 0.1) is 18.8 Å². The van der Waals surface area contributed by atoms with Crippen LogP contribution in [0.5, 0.6) is 0 Å². The van der Waals surface area contributed by atoms with E-state index < -0.39 is 9.84 Å². The number of anilines is 1. The molecule has 1 N–H and O–H groups in total. The lowest BCUT2D eigenvalue weighted by atomic mass is 9.95. The van der Waals surface area contributed by atoms with Gasteiger partial charge in [0.15, 0.2) is 9.84 Å². The van der Waals surface area contributed by atoms with Crippen molar-refractivity contribution in [1.29, 1.82) is 0 Å². The van der Waals surface area contributed by atoms with Crippen molar-refractivity contribution in [2.45, 2.75) is 46.0 Å². The van der Waals surface area contributed by atoms with Crippen molar-refractivity contribution in [2.24, 2.45) is 11.8 Å². The number of piperidine rings is 1. The van der Waals surface area contributed by atoms with Crippen molar-refractivity contribution in [2.75, 3.05) is 36.0 Å². The molecule has 0 bridgehead atoms. The van der Waals surface area contributed by atoms with Gasteiger partial charge in [-0.3, -0.25) is 4.79 Å². The maximum absolute atomic E-state index is 12.6. The Morgan fingerprint density at radius 2 is 1.94 bits per heavy atom. The number of hydrogen-bond acceptors (Lipinski definition) is 6. The number of fused-ring (bicyclic) bond motifs is 1. The minimum absolute atomic E-state index is 0.0376. The van der Waals surface area contributed by atoms with E-state index in [1.807, 2.05) is 6.92 Å². The zero-order chi connectivity index (χ0) is 22.2. The molecule has 8 heteroatoms. The number of carbonyl (C=O) groups is 1. The summed E-state index contributed by atoms with van der Waals surface area (Å²) in [5.74, 6) is 1.70. The number of nitrogens with zero attached hydrogens (tertiary/aromatic N) is 3. The van der Waals surface area contributed by atoms with Crippen LogP contribution < -0.4 is 10.2 Å². The molecule has 1 aromatic carbocycles. The molecule has 1 atom stereocenters. The molecule has 2 aromatic rings. The standard InChI is InChI=1S/C23H32N4O3S/c1-15(2)19-4-5-21-20(12-19)16(3)25-23(26-21)27-9-6-18(7-10-27)22(28)24-13-17-8-11-31(29,30)14-17/h4-5,12,15,17-18H,6-11,13-14H2,1-3H3,(H,24,28). The third kappa shape index (κ3) is 5.00. The average Bonchev–Trinajstić information content (AvgIpc) is 3.10. The fraction of sp³-hybridized carbons (Fsp3) is 0.609. The quantitative estimate of drug-likeness (QED) is 0.762. The summed E-state index contributed by atoms with van der Waals surface area (Å²) in [6.07, 6.45) is 2.15. The average molecular weight is 445 g/mol. The van der Waals surface area contributed by atoms with E-state index in [1.54, 1.807) is 0 Å². The van der Waals surface area contributed by atoms with Gasteiger partial charge in [0, 0.05) is 30.9 Å². The molecule has 168 valence electrons. The SMILES string of the molecule is Cc1nc(N2CCC(C(=O)NCC3CCS(=O)(=O)C3)CC2)nc2ccc(C(C)C)cc12. The van der Waals surface area contributed by atoms with Gasteiger partial charge in [-0.15, -0.1) is 0 Å². The molecular formula is C23H32N4O3S. The van der Waals surface area contributed by atoms with E-state index in [0.717, 1.165) is 48.5 Å². The van der Waals surface area contributed by atoms with Gasteiger partial charge in [-0.25, -0.2) is 18.4 Å². The van der Waals surface area contributed by atoms with E-state index >= 15 is 0 Å². The van der Waals surface area contributed by atoms with Crippen LogP contribution in [-0.2, 0) is 14.6 Å². The number of carbonyl (C=O) groups excluding carboxylic acids is 1. The van der Waals surface area contributed by atoms with E-state index in [0.29, 0.717) is 18.9 Å². The van der Waals surface area contributed by atoms with Crippen LogP contribution in [0.3, 0.4) is 0 Å². The second-order valence-corrected chi connectivity index (χ2v) is 11.5. The third-order valence-electron chi connectivity index (χ3n) is 6.61. The summed E-state index contributed by atoms with van der Waals surface area (Å²) in [6, 6.07) is 6.40. The molecule has 2 aliphatic rings. The van der Waals surface area contributed by atoms with Gasteiger partial charge in [-0.2, -0.15) is 0 Å². The first-order valence-electron chi connectivity index (χ1n) is 11.2. The molecule has 0 aliphatic carbocycles. The van der Waals surface area contributed by atoms with Gasteiger partial charge in [0.2, 0.25) is 11.9 Å². The number of aromatic nitrogens is 2. The maximum atomic E-state index is 12.6. The van der Waals surface area contributed by atoms with Crippen molar-refractivity contribution in [3.8, 4) is 0 Å². The van der Waals surface area contributed by atoms with Gasteiger partial charge in [0.05, 0.1) is 22.7 Å². The largest absolute Gasteiger partial charge is 0.356 e. The van der Waals surface area contributed by atoms with E-state index in [2.05, 4.69) is 42.3 Å². The van der Waals surface area contributed by atoms with Crippen LogP contribution in [0.2, 0.25) is 0 Å². The highest BCUT2D eigenvalue weighted by molar-refractivity contribution is 7.91. The molecule has 4 rings (SSSR count). The number of hydrogen-bond donors (Lipinski definition) is 1. The lowest BCUT2D eigenvalue weighted by molar-refractivity contribution is -0.125. The molecule has 0 saturated carbocycles. The van der Waals surface area contributed by atoms with Crippen molar-refractivity contribution in [1.82, 2.24) is 15.3 Å². The summed E-state index contributed by atoms with van der Waals surface area (Å²) in [5.41, 5.74) is 3.22. The van der Waals surface area contributed by atoms with Crippen molar-refractivity contribution >= 4 is 32.6 Å². The Hall–Kier alpha value is -2.22. The Balaban J connectivity index is 1.35. The molecule has 1 aromatic heterocycles. The van der Waals surface area contributed by atoms with Gasteiger partial charge in [-0.05, 0) is 55.7 Å². The molecular weight excluding hydrogens is 412 g/mol. The lowest BCUT2D eigenvalue weighted by Crippen LogP contribution is -2.42. The third-order valence-corrected chi connectivity index (χ3v) is 8.44. The number of rotatable bonds is 5. The highest BCUT2D eigenvalue weighted by Crippen LogP contribution is 2.26. The van der Waals surface area contributed by atoms with Crippen molar-refractivity contribution < 1.29 is 13.2 Å². The fourth-order valence-corrected chi connectivity index (χ4v) is 6.41. The second kappa shape index (κ2) is 8.73. The second-order valence-electron chi connectivity index (χ2n) is 9.32. The van der Waals surface area contributed by atoms with Crippen LogP contribution in [0.1, 0.15) is 50.3 Å². The van der Waals surface area contributed by atoms with Gasteiger partial charge >= 0.3 is 0 Å². The Bertz CT molecular complexity index is 1080. The van der Waals surface area contributed by atoms with E-state index in [1.165, 1.54) is 5.56 Å². The van der Waals surface area contributed by atoms with Crippen molar-refractivity contribution in [3.05, 3.63) is 29.5 Å². The molecule has 2 fully saturated rings. The first-order valence-corrected chi connectivity index (χ1v) is 13.1. The van der Waals surface area contributed by atoms with Crippen LogP contribution in [-0.4, -0.2) is 55.4 Å². The van der Waals surface area contributed by atoms with Gasteiger partial charge in [-0.1, -0.05) is 19.9 Å². The van der Waals surface area contributed by atoms with Gasteiger partial charge in [0.1, 0.15) is 0 Å². The van der Waals surface area contributed by atoms with Crippen LogP contribution in [0.25, 0.3) is 10.9 Å². The predicted octanol–water partition coefficient (Wildman–Crippen LogP) is 2.83. The van der Waals surface area contributed by atoms with E-state index in [9.17, 15) is 13.2 Å². The molecule has 31 heavy (non-hydrogen) atoms. The molecule has 7 nitrogen and oxygen atoms in total. The van der Waals surface area contributed by atoms with Gasteiger partial charge < -0.3 is 10.2 Å². The number of benzene rings is 1. The summed E-state index contributed by atoms with van der Waals surface area (Å²) in [6.45, 7) is 8.34. The first-order chi connectivity index (χ1) is 14.7. The number of nitrogens with one attached hydrogen (secondary N) is 1. The fourth-order valence-electron chi connectivity index (χ4n) is 4.55. The number of aryl methyl sites for hydroxylation is 1. The molecule has 1 amide bonds. The summed E-state index contributed by atoms with van der Waals surface area (Å²) >= 11 is 0. The molecule has 2 aliphatic heterocycles. The highest BCUT2D eigenvalue weighted by Gasteiger charge is 2.30. The minimum atomic E-state index is -2.90. The number of sulfone groups is 1. The van der Waals surface area contributed by atoms with Crippen LogP contribution in [0.4, 0.5) is 5.95 Å². The topological polar surface area (TPSA) is 92.3 Å². The normalized spacial score (nSPS) is 21.7. The Kier molecular flexibility index (Phi) is 6.19. The summed E-state index contributed by atoms with van der Waals surface area (Å²) in [5, 5.41) is 4.08. The summed E-state index contributed by atoms with van der Waals surface area (Å²) in [7, 11) is -2.90. The monoisotopic (exact) mass is 444 g/mol. The smallest absolute Gasteiger partial charge is 0.226 e. The summed E-state index contributed by atoms with van der Waals surface area (Å²) in [4.78, 5) is 24.3. The zero-order valence-electron chi connectivity index (χ0n) is 18.6. The predicted molar refractivity (Wildman–Crippen MR) is 123 cm³/mol. The molecule has 1 unspecified atom stereocenters. The molecule has 2 saturated heterocycles. The van der Waals surface area contributed by atoms with E-state index in [-0.39, 0.29) is 29.2 Å². The molecule has 3 heterocycles. The first kappa shape index (κ1) is 22.0. The Labute approximate surface area is 184 Å². The van der Waals surface area contributed by atoms with Crippen LogP contribution >= 0.6 is 0 Å². The Morgan fingerprint density at radius 3 is 2.58 bits per heavy atom. The highest BCUT2D eigenvalue weighted by atomic mass is 32.2. The minimum Gasteiger partial charge on any atom is -0.356 e. The molecule has 0 spiro atoms. The zero-order valence-corrected chi connectivity index (χ0v) is 19.4. The molecule has 0 radical (unpaired) electrons. The summed E-state index contributed by atoms with van der Waals surface area (Å²) < 4.78 is 23.2. The number of amides is 1. The lowest BCUT2D eigenvalue weighted by Gasteiger charge is -2.31. The van der Waals surface area contributed by atoms with Gasteiger partial charge in [0.25, 0.3) is 0 Å². The van der Waals surface area contributed by atoms with E-state index in [4.69, 9.17) is 9.97 Å². The van der Waals surface area contributed by atoms with Crippen molar-refractivity contribution in [3.63, 3.8) is 0 Å².